The molecule has 2 aromatic carbocycles. The largest absolute Gasteiger partial charge is 0.444 e. The van der Waals surface area contributed by atoms with E-state index in [0.29, 0.717) is 49.6 Å². The molecule has 0 bridgehead atoms. The molecule has 2 N–H and O–H groups in total. The summed E-state index contributed by atoms with van der Waals surface area (Å²) in [6.45, 7) is 10.0. The molecular weight excluding hydrogens is 544 g/mol. The van der Waals surface area contributed by atoms with Gasteiger partial charge in [0.05, 0.1) is 29.1 Å². The molecule has 43 heavy (non-hydrogen) atoms. The van der Waals surface area contributed by atoms with Crippen LogP contribution in [0.5, 0.6) is 0 Å². The van der Waals surface area contributed by atoms with Crippen LogP contribution >= 0.6 is 0 Å². The Labute approximate surface area is 249 Å². The summed E-state index contributed by atoms with van der Waals surface area (Å²) in [6.07, 6.45) is 6.59. The third-order valence-electron chi connectivity index (χ3n) is 7.22. The molecule has 1 aliphatic rings. The smallest absolute Gasteiger partial charge is 0.410 e. The van der Waals surface area contributed by atoms with Crippen LogP contribution < -0.4 is 15.5 Å². The number of carbonyl (C=O) groups is 1. The molecule has 0 aliphatic carbocycles. The average molecular weight is 579 g/mol. The minimum atomic E-state index is -0.515. The molecule has 12 heteroatoms. The quantitative estimate of drug-likeness (QED) is 0.286. The van der Waals surface area contributed by atoms with Crippen LogP contribution in [0.25, 0.3) is 32.9 Å². The number of benzene rings is 2. The molecular formula is C31H34N10O2. The predicted octanol–water partition coefficient (Wildman–Crippen LogP) is 5.18. The molecule has 0 spiro atoms. The molecule has 0 atom stereocenters. The van der Waals surface area contributed by atoms with Crippen LogP contribution in [0.3, 0.4) is 0 Å². The van der Waals surface area contributed by atoms with Crippen LogP contribution in [0.4, 0.5) is 28.2 Å². The first-order chi connectivity index (χ1) is 20.7. The van der Waals surface area contributed by atoms with Gasteiger partial charge >= 0.3 is 6.09 Å². The van der Waals surface area contributed by atoms with E-state index in [0.717, 1.165) is 38.5 Å². The standard InChI is InChI=1S/C31H34N10O2/c1-19-6-8-23-26(25(19)20-7-9-24-21(14-20)15-33-28(32-5)39-24)36-18-37-27(23)38-22-16-34-29(35-17-22)40-10-12-41(13-11-40)30(42)43-31(2,3)4/h6-9,14-18H,10-13H2,1-5H3,(H,32,33,39)(H,36,37,38). The van der Waals surface area contributed by atoms with Gasteiger partial charge in [-0.1, -0.05) is 12.1 Å². The van der Waals surface area contributed by atoms with Crippen molar-refractivity contribution in [3.8, 4) is 11.1 Å². The molecule has 4 heterocycles. The highest BCUT2D eigenvalue weighted by Crippen LogP contribution is 2.35. The van der Waals surface area contributed by atoms with Crippen LogP contribution in [0.15, 0.2) is 55.2 Å². The zero-order valence-electron chi connectivity index (χ0n) is 24.9. The Bertz CT molecular complexity index is 1800. The second-order valence-corrected chi connectivity index (χ2v) is 11.4. The van der Waals surface area contributed by atoms with Crippen molar-refractivity contribution >= 4 is 51.3 Å². The van der Waals surface area contributed by atoms with Gasteiger partial charge < -0.3 is 25.2 Å². The van der Waals surface area contributed by atoms with Gasteiger partial charge in [-0.15, -0.1) is 0 Å². The van der Waals surface area contributed by atoms with E-state index < -0.39 is 5.60 Å². The first kappa shape index (κ1) is 28.0. The average Bonchev–Trinajstić information content (AvgIpc) is 3.00. The number of piperazine rings is 1. The zero-order valence-corrected chi connectivity index (χ0v) is 24.9. The van der Waals surface area contributed by atoms with E-state index in [2.05, 4.69) is 70.6 Å². The van der Waals surface area contributed by atoms with Gasteiger partial charge in [-0.05, 0) is 57.0 Å². The molecule has 1 fully saturated rings. The lowest BCUT2D eigenvalue weighted by Crippen LogP contribution is -2.50. The fraction of sp³-hybridized carbons (Fsp3) is 0.323. The Morgan fingerprint density at radius 1 is 0.930 bits per heavy atom. The fourth-order valence-electron chi connectivity index (χ4n) is 5.11. The van der Waals surface area contributed by atoms with Gasteiger partial charge in [0.2, 0.25) is 11.9 Å². The van der Waals surface area contributed by atoms with Gasteiger partial charge in [-0.25, -0.2) is 34.7 Å². The molecule has 3 aromatic heterocycles. The summed E-state index contributed by atoms with van der Waals surface area (Å²) in [5.74, 6) is 1.86. The summed E-state index contributed by atoms with van der Waals surface area (Å²) in [5.41, 5.74) is 5.06. The van der Waals surface area contributed by atoms with Crippen molar-refractivity contribution in [2.45, 2.75) is 33.3 Å². The molecule has 6 rings (SSSR count). The lowest BCUT2D eigenvalue weighted by atomic mass is 9.96. The van der Waals surface area contributed by atoms with Crippen molar-refractivity contribution in [3.05, 3.63) is 60.8 Å². The maximum atomic E-state index is 12.4. The van der Waals surface area contributed by atoms with Gasteiger partial charge in [0, 0.05) is 55.8 Å². The van der Waals surface area contributed by atoms with Crippen molar-refractivity contribution in [1.82, 2.24) is 34.8 Å². The number of hydrogen-bond acceptors (Lipinski definition) is 11. The first-order valence-electron chi connectivity index (χ1n) is 14.2. The molecule has 0 radical (unpaired) electrons. The van der Waals surface area contributed by atoms with Gasteiger partial charge in [0.1, 0.15) is 17.7 Å². The normalized spacial score (nSPS) is 13.8. The molecule has 1 aliphatic heterocycles. The number of nitrogens with zero attached hydrogens (tertiary/aromatic N) is 8. The van der Waals surface area contributed by atoms with Gasteiger partial charge in [-0.2, -0.15) is 0 Å². The van der Waals surface area contributed by atoms with E-state index >= 15 is 0 Å². The van der Waals surface area contributed by atoms with Crippen LogP contribution in [0, 0.1) is 6.92 Å². The van der Waals surface area contributed by atoms with E-state index in [-0.39, 0.29) is 6.09 Å². The highest BCUT2D eigenvalue weighted by atomic mass is 16.6. The second-order valence-electron chi connectivity index (χ2n) is 11.4. The third-order valence-corrected chi connectivity index (χ3v) is 7.22. The Morgan fingerprint density at radius 2 is 1.70 bits per heavy atom. The minimum Gasteiger partial charge on any atom is -0.444 e. The van der Waals surface area contributed by atoms with E-state index in [1.54, 1.807) is 30.7 Å². The van der Waals surface area contributed by atoms with Crippen molar-refractivity contribution in [2.24, 2.45) is 0 Å². The van der Waals surface area contributed by atoms with Gasteiger partial charge in [0.25, 0.3) is 0 Å². The Kier molecular flexibility index (Phi) is 7.34. The van der Waals surface area contributed by atoms with E-state index in [1.807, 2.05) is 39.1 Å². The molecule has 0 saturated carbocycles. The number of nitrogens with one attached hydrogen (secondary N) is 2. The number of carbonyl (C=O) groups excluding carboxylic acids is 1. The number of fused-ring (bicyclic) bond motifs is 2. The Hall–Kier alpha value is -5.13. The summed E-state index contributed by atoms with van der Waals surface area (Å²) in [7, 11) is 1.80. The molecule has 5 aromatic rings. The predicted molar refractivity (Wildman–Crippen MR) is 168 cm³/mol. The SMILES string of the molecule is CNc1ncc2cc(-c3c(C)ccc4c(Nc5cnc(N6CCN(C(=O)OC(C)(C)C)CC6)nc5)ncnc34)ccc2n1. The minimum absolute atomic E-state index is 0.291. The summed E-state index contributed by atoms with van der Waals surface area (Å²) in [4.78, 5) is 43.5. The second kappa shape index (κ2) is 11.3. The van der Waals surface area contributed by atoms with Crippen LogP contribution in [-0.4, -0.2) is 79.7 Å². The fourth-order valence-corrected chi connectivity index (χ4v) is 5.11. The lowest BCUT2D eigenvalue weighted by molar-refractivity contribution is 0.0240. The monoisotopic (exact) mass is 578 g/mol. The Balaban J connectivity index is 1.20. The number of ether oxygens (including phenoxy) is 1. The summed E-state index contributed by atoms with van der Waals surface area (Å²) < 4.78 is 5.50. The third kappa shape index (κ3) is 5.94. The van der Waals surface area contributed by atoms with E-state index in [1.165, 1.54) is 0 Å². The molecule has 220 valence electrons. The Morgan fingerprint density at radius 3 is 2.42 bits per heavy atom. The van der Waals surface area contributed by atoms with Crippen molar-refractivity contribution in [1.29, 1.82) is 0 Å². The highest BCUT2D eigenvalue weighted by Gasteiger charge is 2.26. The maximum absolute atomic E-state index is 12.4. The van der Waals surface area contributed by atoms with Crippen molar-refractivity contribution in [2.75, 3.05) is 48.8 Å². The number of aryl methyl sites for hydroxylation is 1. The molecule has 12 nitrogen and oxygen atoms in total. The zero-order chi connectivity index (χ0) is 30.1. The van der Waals surface area contributed by atoms with Crippen molar-refractivity contribution < 1.29 is 9.53 Å². The summed E-state index contributed by atoms with van der Waals surface area (Å²) >= 11 is 0. The summed E-state index contributed by atoms with van der Waals surface area (Å²) in [5, 5.41) is 8.18. The van der Waals surface area contributed by atoms with Crippen LogP contribution in [-0.2, 0) is 4.74 Å². The van der Waals surface area contributed by atoms with E-state index in [4.69, 9.17) is 4.74 Å². The van der Waals surface area contributed by atoms with E-state index in [9.17, 15) is 4.79 Å². The number of anilines is 4. The molecule has 1 amide bonds. The topological polar surface area (TPSA) is 134 Å². The van der Waals surface area contributed by atoms with Crippen LogP contribution in [0.2, 0.25) is 0 Å². The highest BCUT2D eigenvalue weighted by molar-refractivity contribution is 6.02. The molecule has 0 unspecified atom stereocenters. The maximum Gasteiger partial charge on any atom is 0.410 e. The number of amides is 1. The van der Waals surface area contributed by atoms with Gasteiger partial charge in [0.15, 0.2) is 0 Å². The number of hydrogen-bond donors (Lipinski definition) is 2. The number of rotatable bonds is 5. The first-order valence-corrected chi connectivity index (χ1v) is 14.2. The van der Waals surface area contributed by atoms with Crippen LogP contribution in [0.1, 0.15) is 26.3 Å². The lowest BCUT2D eigenvalue weighted by Gasteiger charge is -2.35. The van der Waals surface area contributed by atoms with Gasteiger partial charge in [-0.3, -0.25) is 0 Å². The van der Waals surface area contributed by atoms with Crippen molar-refractivity contribution in [3.63, 3.8) is 0 Å². The summed E-state index contributed by atoms with van der Waals surface area (Å²) in [6, 6.07) is 10.3. The number of aromatic nitrogens is 6. The molecule has 1 saturated heterocycles.